The molecule has 2 aromatic carbocycles. The number of hydrogen-bond acceptors (Lipinski definition) is 6. The second kappa shape index (κ2) is 11.7. The van der Waals surface area contributed by atoms with Crippen LogP contribution < -0.4 is 10.6 Å². The summed E-state index contributed by atoms with van der Waals surface area (Å²) in [7, 11) is 1.48. The monoisotopic (exact) mass is 515 g/mol. The fraction of sp³-hybridized carbons (Fsp3) is 0.308. The normalized spacial score (nSPS) is 14.3. The molecule has 0 aliphatic carbocycles. The first-order valence-corrected chi connectivity index (χ1v) is 11.3. The van der Waals surface area contributed by atoms with E-state index < -0.39 is 48.9 Å². The number of nitrogens with two attached hydrogens (primary N) is 1. The van der Waals surface area contributed by atoms with Gasteiger partial charge in [-0.1, -0.05) is 42.2 Å². The third kappa shape index (κ3) is 6.74. The molecule has 2 amide bonds. The van der Waals surface area contributed by atoms with Crippen molar-refractivity contribution in [2.75, 3.05) is 25.0 Å². The Bertz CT molecular complexity index is 1250. The average molecular weight is 515 g/mol. The first kappa shape index (κ1) is 27.4. The minimum Gasteiger partial charge on any atom is -0.386 e. The van der Waals surface area contributed by atoms with Gasteiger partial charge in [-0.05, 0) is 36.7 Å². The first-order valence-electron chi connectivity index (χ1n) is 11.3. The average Bonchev–Trinajstić information content (AvgIpc) is 2.95. The standard InChI is InChI=1S/C26H24F3N3O5/c1-31-20-12-11-17(8-4-3-7-13-30)14-19(20)24(35)32(16-22(31)33)21(18-9-5-2-6-10-18)15-23(34)37-25(36)26(27,28)29/h2,5-6,9-12,14,21H,3,7,13,15-16,30H2,1H3. The Morgan fingerprint density at radius 1 is 1.14 bits per heavy atom. The predicted octanol–water partition coefficient (Wildman–Crippen LogP) is 2.96. The summed E-state index contributed by atoms with van der Waals surface area (Å²) in [5.41, 5.74) is 6.79. The molecule has 2 N–H and O–H groups in total. The van der Waals surface area contributed by atoms with Gasteiger partial charge in [0, 0.05) is 19.0 Å². The van der Waals surface area contributed by atoms with E-state index in [1.807, 2.05) is 0 Å². The largest absolute Gasteiger partial charge is 0.491 e. The first-order chi connectivity index (χ1) is 17.5. The van der Waals surface area contributed by atoms with Gasteiger partial charge in [0.05, 0.1) is 23.7 Å². The highest BCUT2D eigenvalue weighted by molar-refractivity contribution is 6.10. The number of anilines is 1. The summed E-state index contributed by atoms with van der Waals surface area (Å²) in [6.45, 7) is 0.0126. The predicted molar refractivity (Wildman–Crippen MR) is 127 cm³/mol. The van der Waals surface area contributed by atoms with Gasteiger partial charge in [-0.2, -0.15) is 13.2 Å². The van der Waals surface area contributed by atoms with E-state index in [0.717, 1.165) is 4.90 Å². The minimum absolute atomic E-state index is 0.125. The van der Waals surface area contributed by atoms with Crippen molar-refractivity contribution in [3.63, 3.8) is 0 Å². The fourth-order valence-electron chi connectivity index (χ4n) is 3.74. The third-order valence-corrected chi connectivity index (χ3v) is 5.63. The molecule has 0 spiro atoms. The Morgan fingerprint density at radius 2 is 1.84 bits per heavy atom. The van der Waals surface area contributed by atoms with Crippen molar-refractivity contribution in [2.45, 2.75) is 31.5 Å². The summed E-state index contributed by atoms with van der Waals surface area (Å²) in [6.07, 6.45) is -4.90. The van der Waals surface area contributed by atoms with Gasteiger partial charge in [0.2, 0.25) is 5.91 Å². The number of halogens is 3. The van der Waals surface area contributed by atoms with E-state index >= 15 is 0 Å². The number of benzene rings is 2. The summed E-state index contributed by atoms with van der Waals surface area (Å²) in [5, 5.41) is 0. The molecule has 0 saturated heterocycles. The molecule has 1 heterocycles. The topological polar surface area (TPSA) is 110 Å². The van der Waals surface area contributed by atoms with E-state index in [0.29, 0.717) is 36.2 Å². The van der Waals surface area contributed by atoms with E-state index in [2.05, 4.69) is 16.6 Å². The maximum absolute atomic E-state index is 13.7. The number of carbonyl (C=O) groups excluding carboxylic acids is 4. The molecular formula is C26H24F3N3O5. The number of fused-ring (bicyclic) bond motifs is 1. The van der Waals surface area contributed by atoms with Gasteiger partial charge in [0.25, 0.3) is 5.91 Å². The summed E-state index contributed by atoms with van der Waals surface area (Å²) in [4.78, 5) is 52.6. The SMILES string of the molecule is CN1C(=O)CN(C(CC(=O)OC(=O)C(F)(F)F)c2ccccc2)C(=O)c2cc(C#CCCCN)ccc21. The van der Waals surface area contributed by atoms with Crippen molar-refractivity contribution in [2.24, 2.45) is 5.73 Å². The van der Waals surface area contributed by atoms with Crippen LogP contribution in [0.15, 0.2) is 48.5 Å². The van der Waals surface area contributed by atoms with Gasteiger partial charge < -0.3 is 20.3 Å². The molecule has 0 aromatic heterocycles. The highest BCUT2D eigenvalue weighted by Gasteiger charge is 2.43. The lowest BCUT2D eigenvalue weighted by atomic mass is 10.00. The second-order valence-electron chi connectivity index (χ2n) is 8.20. The Morgan fingerprint density at radius 3 is 2.49 bits per heavy atom. The van der Waals surface area contributed by atoms with Crippen LogP contribution in [0, 0.1) is 11.8 Å². The molecule has 3 rings (SSSR count). The number of hydrogen-bond donors (Lipinski definition) is 1. The van der Waals surface area contributed by atoms with Crippen LogP contribution in [0.5, 0.6) is 0 Å². The molecule has 1 unspecified atom stereocenters. The van der Waals surface area contributed by atoms with Crippen LogP contribution in [0.3, 0.4) is 0 Å². The Hall–Kier alpha value is -4.17. The molecular weight excluding hydrogens is 491 g/mol. The number of esters is 2. The van der Waals surface area contributed by atoms with E-state index in [-0.39, 0.29) is 5.56 Å². The summed E-state index contributed by atoms with van der Waals surface area (Å²) < 4.78 is 41.8. The molecule has 0 saturated carbocycles. The Labute approximate surface area is 211 Å². The van der Waals surface area contributed by atoms with Gasteiger partial charge in [-0.25, -0.2) is 4.79 Å². The molecule has 1 aliphatic heterocycles. The van der Waals surface area contributed by atoms with Crippen molar-refractivity contribution < 1.29 is 37.1 Å². The lowest BCUT2D eigenvalue weighted by molar-refractivity contribution is -0.202. The van der Waals surface area contributed by atoms with Crippen LogP contribution in [-0.4, -0.2) is 55.0 Å². The third-order valence-electron chi connectivity index (χ3n) is 5.63. The molecule has 1 aliphatic rings. The molecule has 0 fully saturated rings. The quantitative estimate of drug-likeness (QED) is 0.274. The smallest absolute Gasteiger partial charge is 0.386 e. The molecule has 0 radical (unpaired) electrons. The van der Waals surface area contributed by atoms with Crippen molar-refractivity contribution in [1.29, 1.82) is 0 Å². The van der Waals surface area contributed by atoms with Gasteiger partial charge in [-0.3, -0.25) is 14.4 Å². The van der Waals surface area contributed by atoms with Crippen LogP contribution in [-0.2, 0) is 19.1 Å². The van der Waals surface area contributed by atoms with Crippen LogP contribution >= 0.6 is 0 Å². The van der Waals surface area contributed by atoms with Crippen molar-refractivity contribution in [3.05, 3.63) is 65.2 Å². The number of rotatable bonds is 6. The van der Waals surface area contributed by atoms with Gasteiger partial charge in [-0.15, -0.1) is 0 Å². The number of carbonyl (C=O) groups is 4. The fourth-order valence-corrected chi connectivity index (χ4v) is 3.74. The van der Waals surface area contributed by atoms with E-state index in [9.17, 15) is 32.3 Å². The molecule has 0 bridgehead atoms. The van der Waals surface area contributed by atoms with Crippen molar-refractivity contribution in [1.82, 2.24) is 4.90 Å². The number of ether oxygens (including phenoxy) is 1. The summed E-state index contributed by atoms with van der Waals surface area (Å²) >= 11 is 0. The van der Waals surface area contributed by atoms with E-state index in [1.165, 1.54) is 18.0 Å². The van der Waals surface area contributed by atoms with Gasteiger partial charge >= 0.3 is 18.1 Å². The molecule has 194 valence electrons. The van der Waals surface area contributed by atoms with Gasteiger partial charge in [0.1, 0.15) is 6.54 Å². The number of amides is 2. The summed E-state index contributed by atoms with van der Waals surface area (Å²) in [5.74, 6) is 0.617. The Balaban J connectivity index is 2.01. The van der Waals surface area contributed by atoms with Crippen LogP contribution in [0.1, 0.15) is 46.8 Å². The second-order valence-corrected chi connectivity index (χ2v) is 8.20. The van der Waals surface area contributed by atoms with Crippen molar-refractivity contribution in [3.8, 4) is 11.8 Å². The summed E-state index contributed by atoms with van der Waals surface area (Å²) in [6, 6.07) is 11.5. The van der Waals surface area contributed by atoms with Crippen molar-refractivity contribution >= 4 is 29.4 Å². The van der Waals surface area contributed by atoms with Gasteiger partial charge in [0.15, 0.2) is 0 Å². The molecule has 8 nitrogen and oxygen atoms in total. The molecule has 1 atom stereocenters. The van der Waals surface area contributed by atoms with Crippen LogP contribution in [0.2, 0.25) is 0 Å². The molecule has 11 heteroatoms. The van der Waals surface area contributed by atoms with E-state index in [1.54, 1.807) is 42.5 Å². The van der Waals surface area contributed by atoms with Crippen LogP contribution in [0.25, 0.3) is 0 Å². The number of unbranched alkanes of at least 4 members (excludes halogenated alkanes) is 1. The lowest BCUT2D eigenvalue weighted by Crippen LogP contribution is -2.41. The zero-order valence-electron chi connectivity index (χ0n) is 19.9. The zero-order valence-corrected chi connectivity index (χ0v) is 19.9. The number of likely N-dealkylation sites (N-methyl/N-ethyl adjacent to an activating group) is 1. The number of alkyl halides is 3. The molecule has 37 heavy (non-hydrogen) atoms. The highest BCUT2D eigenvalue weighted by Crippen LogP contribution is 2.33. The maximum Gasteiger partial charge on any atom is 0.491 e. The van der Waals surface area contributed by atoms with Crippen LogP contribution in [0.4, 0.5) is 18.9 Å². The highest BCUT2D eigenvalue weighted by atomic mass is 19.4. The van der Waals surface area contributed by atoms with E-state index in [4.69, 9.17) is 5.73 Å². The minimum atomic E-state index is -5.37. The maximum atomic E-state index is 13.7. The number of nitrogens with zero attached hydrogens (tertiary/aromatic N) is 2. The Kier molecular flexibility index (Phi) is 8.68. The lowest BCUT2D eigenvalue weighted by Gasteiger charge is -2.30. The zero-order chi connectivity index (χ0) is 27.2. The molecule has 2 aromatic rings.